The van der Waals surface area contributed by atoms with Gasteiger partial charge in [-0.15, -0.1) is 0 Å². The first-order valence-corrected chi connectivity index (χ1v) is 8.87. The van der Waals surface area contributed by atoms with Crippen LogP contribution in [0.1, 0.15) is 57.7 Å². The highest BCUT2D eigenvalue weighted by Gasteiger charge is 2.17. The van der Waals surface area contributed by atoms with Crippen LogP contribution >= 0.6 is 0 Å². The van der Waals surface area contributed by atoms with Gasteiger partial charge in [-0.2, -0.15) is 0 Å². The number of rotatable bonds is 9. The molecule has 0 bridgehead atoms. The Balaban J connectivity index is 2.60. The van der Waals surface area contributed by atoms with E-state index in [2.05, 4.69) is 61.0 Å². The van der Waals surface area contributed by atoms with Crippen LogP contribution in [0.2, 0.25) is 0 Å². The highest BCUT2D eigenvalue weighted by atomic mass is 16.2. The van der Waals surface area contributed by atoms with E-state index in [9.17, 15) is 9.59 Å². The second-order valence-electron chi connectivity index (χ2n) is 6.36. The van der Waals surface area contributed by atoms with Crippen LogP contribution in [0.3, 0.4) is 0 Å². The Bertz CT molecular complexity index is 512. The predicted molar refractivity (Wildman–Crippen MR) is 97.9 cm³/mol. The van der Waals surface area contributed by atoms with Crippen molar-refractivity contribution in [1.29, 1.82) is 0 Å². The van der Waals surface area contributed by atoms with Gasteiger partial charge in [0.15, 0.2) is 0 Å². The van der Waals surface area contributed by atoms with Gasteiger partial charge in [0.25, 0.3) is 0 Å². The van der Waals surface area contributed by atoms with Crippen LogP contribution in [0.15, 0.2) is 24.3 Å². The van der Waals surface area contributed by atoms with Crippen LogP contribution in [0, 0.1) is 5.92 Å². The SMILES string of the molecule is CCCCc1ccc([C@@H](NCC(=O)NC(=O)NCC)C(C)C)cc1. The Labute approximate surface area is 145 Å². The minimum Gasteiger partial charge on any atom is -0.338 e. The summed E-state index contributed by atoms with van der Waals surface area (Å²) in [5, 5.41) is 8.10. The third kappa shape index (κ3) is 7.13. The zero-order valence-electron chi connectivity index (χ0n) is 15.3. The Morgan fingerprint density at radius 3 is 2.29 bits per heavy atom. The summed E-state index contributed by atoms with van der Waals surface area (Å²) >= 11 is 0. The van der Waals surface area contributed by atoms with Gasteiger partial charge in [0.2, 0.25) is 5.91 Å². The summed E-state index contributed by atoms with van der Waals surface area (Å²) in [6.45, 7) is 8.83. The molecule has 0 fully saturated rings. The molecule has 24 heavy (non-hydrogen) atoms. The first-order chi connectivity index (χ1) is 11.5. The van der Waals surface area contributed by atoms with E-state index in [0.29, 0.717) is 12.5 Å². The number of unbranched alkanes of at least 4 members (excludes halogenated alkanes) is 1. The number of carbonyl (C=O) groups is 2. The number of carbonyl (C=O) groups excluding carboxylic acids is 2. The summed E-state index contributed by atoms with van der Waals surface area (Å²) in [5.41, 5.74) is 2.51. The van der Waals surface area contributed by atoms with Gasteiger partial charge in [-0.25, -0.2) is 4.79 Å². The van der Waals surface area contributed by atoms with E-state index >= 15 is 0 Å². The summed E-state index contributed by atoms with van der Waals surface area (Å²) in [7, 11) is 0. The fraction of sp³-hybridized carbons (Fsp3) is 0.579. The molecule has 0 radical (unpaired) electrons. The van der Waals surface area contributed by atoms with Crippen LogP contribution in [0.4, 0.5) is 4.79 Å². The number of hydrogen-bond donors (Lipinski definition) is 3. The average Bonchev–Trinajstić information content (AvgIpc) is 2.54. The quantitative estimate of drug-likeness (QED) is 0.650. The molecular formula is C19H31N3O2. The maximum absolute atomic E-state index is 11.8. The fourth-order valence-corrected chi connectivity index (χ4v) is 2.59. The van der Waals surface area contributed by atoms with Gasteiger partial charge in [0.1, 0.15) is 0 Å². The van der Waals surface area contributed by atoms with Gasteiger partial charge in [0.05, 0.1) is 6.54 Å². The third-order valence-electron chi connectivity index (χ3n) is 3.90. The zero-order valence-corrected chi connectivity index (χ0v) is 15.3. The molecule has 1 atom stereocenters. The number of imide groups is 1. The standard InChI is InChI=1S/C19H31N3O2/c1-5-7-8-15-9-11-16(12-10-15)18(14(3)4)21-13-17(23)22-19(24)20-6-2/h9-12,14,18,21H,5-8,13H2,1-4H3,(H2,20,22,23,24)/t18-/m0/s1. The number of urea groups is 1. The number of nitrogens with one attached hydrogen (secondary N) is 3. The van der Waals surface area contributed by atoms with Crippen molar-refractivity contribution in [2.75, 3.05) is 13.1 Å². The van der Waals surface area contributed by atoms with Crippen LogP contribution in [0.5, 0.6) is 0 Å². The smallest absolute Gasteiger partial charge is 0.321 e. The van der Waals surface area contributed by atoms with Crippen LogP contribution in [-0.2, 0) is 11.2 Å². The molecule has 5 heteroatoms. The van der Waals surface area contributed by atoms with Crippen LogP contribution in [-0.4, -0.2) is 25.0 Å². The summed E-state index contributed by atoms with van der Waals surface area (Å²) in [4.78, 5) is 23.2. The van der Waals surface area contributed by atoms with Gasteiger partial charge in [0, 0.05) is 12.6 Å². The van der Waals surface area contributed by atoms with E-state index < -0.39 is 6.03 Å². The molecule has 0 aliphatic carbocycles. The predicted octanol–water partition coefficient (Wildman–Crippen LogP) is 3.16. The lowest BCUT2D eigenvalue weighted by molar-refractivity contribution is -0.119. The minimum absolute atomic E-state index is 0.0743. The van der Waals surface area contributed by atoms with Crippen molar-refractivity contribution in [2.45, 2.75) is 53.0 Å². The molecule has 0 saturated heterocycles. The van der Waals surface area contributed by atoms with Gasteiger partial charge in [-0.3, -0.25) is 10.1 Å². The minimum atomic E-state index is -0.453. The second kappa shape index (κ2) is 10.8. The van der Waals surface area contributed by atoms with Crippen molar-refractivity contribution < 1.29 is 9.59 Å². The molecule has 1 rings (SSSR count). The molecule has 1 aromatic carbocycles. The fourth-order valence-electron chi connectivity index (χ4n) is 2.59. The van der Waals surface area contributed by atoms with Gasteiger partial charge < -0.3 is 10.6 Å². The molecule has 5 nitrogen and oxygen atoms in total. The molecule has 0 spiro atoms. The molecule has 0 unspecified atom stereocenters. The lowest BCUT2D eigenvalue weighted by Gasteiger charge is -2.23. The monoisotopic (exact) mass is 333 g/mol. The van der Waals surface area contributed by atoms with Gasteiger partial charge in [-0.05, 0) is 36.8 Å². The Morgan fingerprint density at radius 2 is 1.75 bits per heavy atom. The lowest BCUT2D eigenvalue weighted by atomic mass is 9.94. The molecule has 0 aliphatic heterocycles. The van der Waals surface area contributed by atoms with Gasteiger partial charge in [-0.1, -0.05) is 51.5 Å². The summed E-state index contributed by atoms with van der Waals surface area (Å²) in [6, 6.07) is 8.21. The molecule has 0 saturated carbocycles. The molecule has 3 amide bonds. The number of aryl methyl sites for hydroxylation is 1. The van der Waals surface area contributed by atoms with Crippen LogP contribution < -0.4 is 16.0 Å². The van der Waals surface area contributed by atoms with E-state index in [1.165, 1.54) is 18.4 Å². The van der Waals surface area contributed by atoms with E-state index in [1.807, 2.05) is 0 Å². The molecule has 0 aromatic heterocycles. The van der Waals surface area contributed by atoms with E-state index in [1.54, 1.807) is 6.92 Å². The zero-order chi connectivity index (χ0) is 17.9. The van der Waals surface area contributed by atoms with Gasteiger partial charge >= 0.3 is 6.03 Å². The molecule has 0 aliphatic rings. The third-order valence-corrected chi connectivity index (χ3v) is 3.90. The molecular weight excluding hydrogens is 302 g/mol. The van der Waals surface area contributed by atoms with Crippen molar-refractivity contribution in [3.8, 4) is 0 Å². The Hall–Kier alpha value is -1.88. The summed E-state index contributed by atoms with van der Waals surface area (Å²) in [6.07, 6.45) is 3.50. The average molecular weight is 333 g/mol. The van der Waals surface area contributed by atoms with E-state index in [4.69, 9.17) is 0 Å². The Morgan fingerprint density at radius 1 is 1.08 bits per heavy atom. The number of benzene rings is 1. The summed E-state index contributed by atoms with van der Waals surface area (Å²) in [5.74, 6) is 0.00919. The van der Waals surface area contributed by atoms with E-state index in [-0.39, 0.29) is 18.5 Å². The maximum atomic E-state index is 11.8. The highest BCUT2D eigenvalue weighted by molar-refractivity contribution is 5.95. The summed E-state index contributed by atoms with van der Waals surface area (Å²) < 4.78 is 0. The molecule has 1 aromatic rings. The molecule has 3 N–H and O–H groups in total. The normalized spacial score (nSPS) is 12.0. The first-order valence-electron chi connectivity index (χ1n) is 8.87. The molecule has 0 heterocycles. The van der Waals surface area contributed by atoms with Crippen molar-refractivity contribution in [1.82, 2.24) is 16.0 Å². The first kappa shape index (κ1) is 20.2. The molecule has 134 valence electrons. The largest absolute Gasteiger partial charge is 0.338 e. The van der Waals surface area contributed by atoms with Crippen LogP contribution in [0.25, 0.3) is 0 Å². The number of amides is 3. The Kier molecular flexibility index (Phi) is 9.08. The lowest BCUT2D eigenvalue weighted by Crippen LogP contribution is -2.44. The van der Waals surface area contributed by atoms with E-state index in [0.717, 1.165) is 12.0 Å². The van der Waals surface area contributed by atoms with Crippen molar-refractivity contribution in [3.05, 3.63) is 35.4 Å². The topological polar surface area (TPSA) is 70.2 Å². The maximum Gasteiger partial charge on any atom is 0.321 e. The number of hydrogen-bond acceptors (Lipinski definition) is 3. The second-order valence-corrected chi connectivity index (χ2v) is 6.36. The van der Waals surface area contributed by atoms with Crippen molar-refractivity contribution in [2.24, 2.45) is 5.92 Å². The van der Waals surface area contributed by atoms with Crippen molar-refractivity contribution in [3.63, 3.8) is 0 Å². The van der Waals surface area contributed by atoms with Crippen molar-refractivity contribution >= 4 is 11.9 Å². The highest BCUT2D eigenvalue weighted by Crippen LogP contribution is 2.22.